The zero-order chi connectivity index (χ0) is 72.3. The van der Waals surface area contributed by atoms with E-state index in [0.29, 0.717) is 25.7 Å². The molecule has 0 rings (SSSR count). The Kier molecular flexibility index (Phi) is 68.1. The van der Waals surface area contributed by atoms with E-state index in [2.05, 4.69) is 48.5 Å². The minimum atomic E-state index is -4.96. The monoisotopic (exact) mass is 1440 g/mol. The Hall–Kier alpha value is -1.94. The zero-order valence-corrected chi connectivity index (χ0v) is 66.0. The molecule has 19 heteroatoms. The highest BCUT2D eigenvalue weighted by Crippen LogP contribution is 2.45. The minimum absolute atomic E-state index is 0.106. The largest absolute Gasteiger partial charge is 0.472 e. The van der Waals surface area contributed by atoms with Crippen LogP contribution in [0.5, 0.6) is 0 Å². The molecule has 0 amide bonds. The molecule has 0 saturated carbocycles. The van der Waals surface area contributed by atoms with Gasteiger partial charge in [-0.15, -0.1) is 0 Å². The van der Waals surface area contributed by atoms with Crippen LogP contribution >= 0.6 is 15.6 Å². The van der Waals surface area contributed by atoms with E-state index < -0.39 is 97.5 Å². The highest BCUT2D eigenvalue weighted by Gasteiger charge is 2.30. The van der Waals surface area contributed by atoms with Gasteiger partial charge >= 0.3 is 39.5 Å². The maximum Gasteiger partial charge on any atom is 0.472 e. The van der Waals surface area contributed by atoms with Gasteiger partial charge in [0.15, 0.2) is 12.2 Å². The summed E-state index contributed by atoms with van der Waals surface area (Å²) in [4.78, 5) is 73.0. The molecule has 5 atom stereocenters. The van der Waals surface area contributed by atoms with Crippen molar-refractivity contribution in [2.75, 3.05) is 39.6 Å². The molecule has 98 heavy (non-hydrogen) atoms. The Bertz CT molecular complexity index is 1900. The Morgan fingerprint density at radius 2 is 0.469 bits per heavy atom. The van der Waals surface area contributed by atoms with Crippen molar-refractivity contribution in [2.45, 2.75) is 426 Å². The van der Waals surface area contributed by atoms with Crippen molar-refractivity contribution in [3.63, 3.8) is 0 Å². The van der Waals surface area contributed by atoms with Crippen LogP contribution in [0.2, 0.25) is 0 Å². The van der Waals surface area contributed by atoms with Crippen LogP contribution in [-0.4, -0.2) is 96.7 Å². The lowest BCUT2D eigenvalue weighted by Crippen LogP contribution is -2.30. The fraction of sp³-hybridized carbons (Fsp3) is 0.949. The second kappa shape index (κ2) is 69.4. The lowest BCUT2D eigenvalue weighted by Gasteiger charge is -2.21. The average Bonchev–Trinajstić information content (AvgIpc) is 1.03. The van der Waals surface area contributed by atoms with Gasteiger partial charge in [0.1, 0.15) is 19.3 Å². The molecule has 0 spiro atoms. The number of rotatable bonds is 77. The maximum atomic E-state index is 13.1. The minimum Gasteiger partial charge on any atom is -0.462 e. The Labute approximate surface area is 600 Å². The molecule has 0 bridgehead atoms. The molecular weight excluding hydrogens is 1280 g/mol. The number of carbonyl (C=O) groups is 4. The highest BCUT2D eigenvalue weighted by molar-refractivity contribution is 7.47. The molecule has 0 radical (unpaired) electrons. The molecule has 0 aliphatic heterocycles. The van der Waals surface area contributed by atoms with Crippen LogP contribution in [0.3, 0.4) is 0 Å². The lowest BCUT2D eigenvalue weighted by molar-refractivity contribution is -0.161. The van der Waals surface area contributed by atoms with Crippen molar-refractivity contribution in [3.8, 4) is 0 Å². The first-order valence-corrected chi connectivity index (χ1v) is 43.8. The second-order valence-electron chi connectivity index (χ2n) is 29.9. The zero-order valence-electron chi connectivity index (χ0n) is 64.3. The van der Waals surface area contributed by atoms with Crippen LogP contribution in [0.15, 0.2) is 0 Å². The summed E-state index contributed by atoms with van der Waals surface area (Å²) in [5, 5.41) is 10.6. The molecule has 17 nitrogen and oxygen atoms in total. The van der Waals surface area contributed by atoms with Crippen LogP contribution in [0.4, 0.5) is 0 Å². The summed E-state index contributed by atoms with van der Waals surface area (Å²) in [6, 6.07) is 0. The van der Waals surface area contributed by atoms with Crippen LogP contribution in [0.1, 0.15) is 408 Å². The molecule has 0 saturated heterocycles. The summed E-state index contributed by atoms with van der Waals surface area (Å²) in [6.45, 7) is 12.0. The number of hydrogen-bond acceptors (Lipinski definition) is 15. The number of carbonyl (C=O) groups excluding carboxylic acids is 4. The molecule has 582 valence electrons. The van der Waals surface area contributed by atoms with E-state index in [1.165, 1.54) is 218 Å². The first-order chi connectivity index (χ1) is 47.2. The molecule has 0 aromatic heterocycles. The van der Waals surface area contributed by atoms with Gasteiger partial charge in [-0.1, -0.05) is 357 Å². The Morgan fingerprint density at radius 1 is 0.276 bits per heavy atom. The number of aliphatic hydroxyl groups is 1. The Morgan fingerprint density at radius 3 is 0.694 bits per heavy atom. The van der Waals surface area contributed by atoms with Gasteiger partial charge in [-0.25, -0.2) is 9.13 Å². The molecule has 3 N–H and O–H groups in total. The molecule has 0 heterocycles. The predicted molar refractivity (Wildman–Crippen MR) is 400 cm³/mol. The number of esters is 4. The molecule has 0 aromatic rings. The number of ether oxygens (including phenoxy) is 4. The molecule has 2 unspecified atom stereocenters. The summed E-state index contributed by atoms with van der Waals surface area (Å²) in [5.41, 5.74) is 0. The number of phosphoric ester groups is 2. The van der Waals surface area contributed by atoms with Crippen molar-refractivity contribution in [1.82, 2.24) is 0 Å². The van der Waals surface area contributed by atoms with Crippen LogP contribution < -0.4 is 0 Å². The van der Waals surface area contributed by atoms with Gasteiger partial charge in [0, 0.05) is 25.7 Å². The second-order valence-corrected chi connectivity index (χ2v) is 32.8. The van der Waals surface area contributed by atoms with Crippen molar-refractivity contribution in [2.24, 2.45) is 17.8 Å². The molecule has 0 fully saturated rings. The van der Waals surface area contributed by atoms with E-state index in [1.54, 1.807) is 0 Å². The molecule has 0 aromatic carbocycles. The van der Waals surface area contributed by atoms with Crippen molar-refractivity contribution in [3.05, 3.63) is 0 Å². The van der Waals surface area contributed by atoms with Crippen molar-refractivity contribution < 1.29 is 80.2 Å². The van der Waals surface area contributed by atoms with Crippen LogP contribution in [0.25, 0.3) is 0 Å². The number of aliphatic hydroxyl groups excluding tert-OH is 1. The number of hydrogen-bond donors (Lipinski definition) is 3. The third kappa shape index (κ3) is 72.4. The third-order valence-corrected chi connectivity index (χ3v) is 20.3. The van der Waals surface area contributed by atoms with Gasteiger partial charge in [0.05, 0.1) is 26.4 Å². The van der Waals surface area contributed by atoms with E-state index in [0.717, 1.165) is 108 Å². The first-order valence-electron chi connectivity index (χ1n) is 40.8. The average molecular weight is 1440 g/mol. The summed E-state index contributed by atoms with van der Waals surface area (Å²) >= 11 is 0. The maximum absolute atomic E-state index is 13.1. The van der Waals surface area contributed by atoms with Crippen LogP contribution in [-0.2, 0) is 65.4 Å². The topological polar surface area (TPSA) is 237 Å². The van der Waals surface area contributed by atoms with E-state index in [4.69, 9.17) is 37.0 Å². The molecular formula is C79H154O17P2. The summed E-state index contributed by atoms with van der Waals surface area (Å²) in [7, 11) is -9.92. The quantitative estimate of drug-likeness (QED) is 0.0222. The van der Waals surface area contributed by atoms with Gasteiger partial charge in [0.25, 0.3) is 0 Å². The Balaban J connectivity index is 5.25. The smallest absolute Gasteiger partial charge is 0.462 e. The van der Waals surface area contributed by atoms with Gasteiger partial charge in [-0.2, -0.15) is 0 Å². The molecule has 0 aliphatic rings. The summed E-state index contributed by atoms with van der Waals surface area (Å²) in [5.74, 6) is 0.233. The summed E-state index contributed by atoms with van der Waals surface area (Å²) < 4.78 is 68.7. The summed E-state index contributed by atoms with van der Waals surface area (Å²) in [6.07, 6.45) is 56.8. The lowest BCUT2D eigenvalue weighted by atomic mass is 10.0. The molecule has 0 aliphatic carbocycles. The van der Waals surface area contributed by atoms with Gasteiger partial charge in [-0.05, 0) is 43.4 Å². The third-order valence-electron chi connectivity index (χ3n) is 18.4. The van der Waals surface area contributed by atoms with Crippen molar-refractivity contribution >= 4 is 39.5 Å². The van der Waals surface area contributed by atoms with E-state index in [1.807, 2.05) is 0 Å². The standard InChI is InChI=1S/C79H154O17P2/c1-8-9-10-11-12-13-22-32-39-46-53-60-76(81)89-66-75(96-79(84)63-56-49-42-35-28-27-31-38-45-52-59-72(6)7)69-94-98(87,88)92-65-73(80)64-91-97(85,86)93-68-74(67-90-77(82)61-54-47-40-33-25-21-17-19-24-30-37-44-51-58-71(4)5)95-78(83)62-55-48-41-34-26-20-16-14-15-18-23-29-36-43-50-57-70(2)3/h70-75,80H,8-69H2,1-7H3,(H,85,86)(H,87,88)/t73-,74-,75-/m1/s1. The van der Waals surface area contributed by atoms with Crippen LogP contribution in [0, 0.1) is 17.8 Å². The predicted octanol–water partition coefficient (Wildman–Crippen LogP) is 23.4. The SMILES string of the molecule is CCCCCCCCCCCCCC(=O)OC[C@H](COP(=O)(O)OC[C@H](O)COP(=O)(O)OC[C@@H](COC(=O)CCCCCCCCCCCCCCCC(C)C)OC(=O)CCCCCCCCCCCCCCCCCC(C)C)OC(=O)CCCCCCCCCCCCC(C)C. The van der Waals surface area contributed by atoms with Gasteiger partial charge in [-0.3, -0.25) is 37.3 Å². The highest BCUT2D eigenvalue weighted by atomic mass is 31.2. The van der Waals surface area contributed by atoms with E-state index in [9.17, 15) is 43.2 Å². The fourth-order valence-corrected chi connectivity index (χ4v) is 13.7. The van der Waals surface area contributed by atoms with Gasteiger partial charge in [0.2, 0.25) is 0 Å². The number of phosphoric acid groups is 2. The van der Waals surface area contributed by atoms with Crippen molar-refractivity contribution in [1.29, 1.82) is 0 Å². The normalized spacial score (nSPS) is 14.0. The number of unbranched alkanes of at least 4 members (excludes halogenated alkanes) is 45. The van der Waals surface area contributed by atoms with E-state index in [-0.39, 0.29) is 25.7 Å². The fourth-order valence-electron chi connectivity index (χ4n) is 12.1. The van der Waals surface area contributed by atoms with E-state index >= 15 is 0 Å². The van der Waals surface area contributed by atoms with Gasteiger partial charge < -0.3 is 33.8 Å². The first kappa shape index (κ1) is 96.1.